The van der Waals surface area contributed by atoms with Crippen LogP contribution in [0.4, 0.5) is 5.13 Å². The third-order valence-electron chi connectivity index (χ3n) is 4.41. The van der Waals surface area contributed by atoms with Gasteiger partial charge < -0.3 is 10.2 Å². The first-order chi connectivity index (χ1) is 11.8. The number of nitriles is 1. The summed E-state index contributed by atoms with van der Waals surface area (Å²) in [6, 6.07) is 0. The first kappa shape index (κ1) is 18.1. The van der Waals surface area contributed by atoms with Crippen LogP contribution in [0.5, 0.6) is 0 Å². The van der Waals surface area contributed by atoms with Gasteiger partial charge in [-0.2, -0.15) is 22.3 Å². The van der Waals surface area contributed by atoms with Crippen molar-refractivity contribution in [3.63, 3.8) is 0 Å². The van der Waals surface area contributed by atoms with Crippen LogP contribution in [-0.4, -0.2) is 66.5 Å². The van der Waals surface area contributed by atoms with Gasteiger partial charge in [0.2, 0.25) is 5.91 Å². The summed E-state index contributed by atoms with van der Waals surface area (Å²) in [6.45, 7) is 1.68. The van der Waals surface area contributed by atoms with E-state index in [2.05, 4.69) is 16.5 Å². The zero-order chi connectivity index (χ0) is 18.2. The van der Waals surface area contributed by atoms with Crippen LogP contribution in [0.15, 0.2) is 0 Å². The van der Waals surface area contributed by atoms with Crippen molar-refractivity contribution in [3.8, 4) is 6.19 Å². The van der Waals surface area contributed by atoms with Crippen LogP contribution in [0.3, 0.4) is 0 Å². The Morgan fingerprint density at radius 1 is 1.44 bits per heavy atom. The fourth-order valence-corrected chi connectivity index (χ4v) is 5.11. The fourth-order valence-electron chi connectivity index (χ4n) is 2.93. The van der Waals surface area contributed by atoms with E-state index >= 15 is 0 Å². The molecule has 25 heavy (non-hydrogen) atoms. The molecule has 136 valence electrons. The molecule has 1 saturated heterocycles. The van der Waals surface area contributed by atoms with Crippen LogP contribution in [0, 0.1) is 17.4 Å². The minimum atomic E-state index is -3.46. The lowest BCUT2D eigenvalue weighted by Gasteiger charge is -2.27. The van der Waals surface area contributed by atoms with Gasteiger partial charge in [0.05, 0.1) is 18.2 Å². The highest BCUT2D eigenvalue weighted by atomic mass is 32.2. The normalized spacial score (nSPS) is 21.2. The van der Waals surface area contributed by atoms with Crippen LogP contribution >= 0.6 is 11.3 Å². The second-order valence-corrected chi connectivity index (χ2v) is 9.51. The SMILES string of the molecule is CN(C)S(=O)(=O)N1CCc2nc(NC(=O)C3CCN(C#N)C3)sc2C1. The number of nitrogens with one attached hydrogen (secondary N) is 1. The van der Waals surface area contributed by atoms with Crippen molar-refractivity contribution in [2.75, 3.05) is 39.0 Å². The summed E-state index contributed by atoms with van der Waals surface area (Å²) in [5, 5.41) is 12.2. The Hall–Kier alpha value is -1.74. The predicted molar refractivity (Wildman–Crippen MR) is 92.8 cm³/mol. The van der Waals surface area contributed by atoms with Gasteiger partial charge in [-0.05, 0) is 6.42 Å². The summed E-state index contributed by atoms with van der Waals surface area (Å²) >= 11 is 1.31. The first-order valence-electron chi connectivity index (χ1n) is 7.93. The molecule has 1 aromatic rings. The number of rotatable bonds is 4. The van der Waals surface area contributed by atoms with E-state index in [1.807, 2.05) is 0 Å². The van der Waals surface area contributed by atoms with Crippen LogP contribution in [0.2, 0.25) is 0 Å². The maximum Gasteiger partial charge on any atom is 0.281 e. The summed E-state index contributed by atoms with van der Waals surface area (Å²) in [5.41, 5.74) is 0.843. The molecule has 0 bridgehead atoms. The molecule has 2 aliphatic heterocycles. The Morgan fingerprint density at radius 2 is 2.20 bits per heavy atom. The number of hydrogen-bond donors (Lipinski definition) is 1. The zero-order valence-electron chi connectivity index (χ0n) is 14.1. The summed E-state index contributed by atoms with van der Waals surface area (Å²) < 4.78 is 27.1. The second kappa shape index (κ2) is 6.87. The molecule has 0 radical (unpaired) electrons. The van der Waals surface area contributed by atoms with Crippen molar-refractivity contribution in [1.29, 1.82) is 5.26 Å². The third kappa shape index (κ3) is 3.62. The summed E-state index contributed by atoms with van der Waals surface area (Å²) in [7, 11) is -0.438. The van der Waals surface area contributed by atoms with Gasteiger partial charge in [-0.25, -0.2) is 4.98 Å². The number of likely N-dealkylation sites (tertiary alicyclic amines) is 1. The predicted octanol–water partition coefficient (Wildman–Crippen LogP) is 0.0491. The van der Waals surface area contributed by atoms with E-state index in [1.165, 1.54) is 34.0 Å². The van der Waals surface area contributed by atoms with E-state index in [1.54, 1.807) is 4.90 Å². The Kier molecular flexibility index (Phi) is 4.97. The molecule has 1 amide bonds. The van der Waals surface area contributed by atoms with Gasteiger partial charge in [0, 0.05) is 45.0 Å². The highest BCUT2D eigenvalue weighted by Crippen LogP contribution is 2.30. The maximum atomic E-state index is 12.3. The number of fused-ring (bicyclic) bond motifs is 1. The largest absolute Gasteiger partial charge is 0.310 e. The maximum absolute atomic E-state index is 12.3. The number of hydrogen-bond acceptors (Lipinski definition) is 7. The molecular formula is C14H20N6O3S2. The molecule has 2 aliphatic rings. The highest BCUT2D eigenvalue weighted by Gasteiger charge is 2.32. The fraction of sp³-hybridized carbons (Fsp3) is 0.643. The number of nitrogens with zero attached hydrogens (tertiary/aromatic N) is 5. The van der Waals surface area contributed by atoms with Crippen molar-refractivity contribution in [3.05, 3.63) is 10.6 Å². The van der Waals surface area contributed by atoms with Gasteiger partial charge in [0.15, 0.2) is 11.3 Å². The van der Waals surface area contributed by atoms with Crippen LogP contribution < -0.4 is 5.32 Å². The number of carbonyl (C=O) groups excluding carboxylic acids is 1. The van der Waals surface area contributed by atoms with E-state index in [-0.39, 0.29) is 18.4 Å². The average molecular weight is 384 g/mol. The Labute approximate surface area is 151 Å². The van der Waals surface area contributed by atoms with Gasteiger partial charge in [-0.1, -0.05) is 0 Å². The number of amides is 1. The Morgan fingerprint density at radius 3 is 2.84 bits per heavy atom. The van der Waals surface area contributed by atoms with Crippen molar-refractivity contribution in [2.24, 2.45) is 5.92 Å². The third-order valence-corrected chi connectivity index (χ3v) is 7.30. The summed E-state index contributed by atoms with van der Waals surface area (Å²) in [5.74, 6) is -0.354. The van der Waals surface area contributed by atoms with Crippen molar-refractivity contribution < 1.29 is 13.2 Å². The van der Waals surface area contributed by atoms with E-state index in [0.29, 0.717) is 37.6 Å². The van der Waals surface area contributed by atoms with E-state index < -0.39 is 10.2 Å². The topological polar surface area (TPSA) is 110 Å². The van der Waals surface area contributed by atoms with E-state index in [9.17, 15) is 13.2 Å². The van der Waals surface area contributed by atoms with E-state index in [4.69, 9.17) is 5.26 Å². The molecule has 3 rings (SSSR count). The molecular weight excluding hydrogens is 364 g/mol. The molecule has 9 nitrogen and oxygen atoms in total. The van der Waals surface area contributed by atoms with Gasteiger partial charge in [-0.15, -0.1) is 11.3 Å². The zero-order valence-corrected chi connectivity index (χ0v) is 15.7. The van der Waals surface area contributed by atoms with Crippen molar-refractivity contribution in [1.82, 2.24) is 18.5 Å². The average Bonchev–Trinajstić information content (AvgIpc) is 3.19. The standard InChI is InChI=1S/C14H20N6O3S2/c1-18(2)25(22,23)20-6-4-11-12(8-20)24-14(16-11)17-13(21)10-3-5-19(7-10)9-15/h10H,3-8H2,1-2H3,(H,16,17,21). The molecule has 1 aromatic heterocycles. The highest BCUT2D eigenvalue weighted by molar-refractivity contribution is 7.86. The molecule has 1 N–H and O–H groups in total. The number of anilines is 1. The molecule has 11 heteroatoms. The smallest absolute Gasteiger partial charge is 0.281 e. The Bertz CT molecular complexity index is 813. The van der Waals surface area contributed by atoms with Crippen molar-refractivity contribution in [2.45, 2.75) is 19.4 Å². The van der Waals surface area contributed by atoms with Gasteiger partial charge in [0.25, 0.3) is 10.2 Å². The second-order valence-electron chi connectivity index (χ2n) is 6.28. The van der Waals surface area contributed by atoms with Crippen LogP contribution in [0.25, 0.3) is 0 Å². The quantitative estimate of drug-likeness (QED) is 0.735. The monoisotopic (exact) mass is 384 g/mol. The number of carbonyl (C=O) groups is 1. The lowest BCUT2D eigenvalue weighted by Crippen LogP contribution is -2.42. The van der Waals surface area contributed by atoms with Crippen molar-refractivity contribution >= 4 is 32.6 Å². The minimum Gasteiger partial charge on any atom is -0.310 e. The minimum absolute atomic E-state index is 0.137. The van der Waals surface area contributed by atoms with Crippen LogP contribution in [-0.2, 0) is 28.0 Å². The molecule has 1 fully saturated rings. The van der Waals surface area contributed by atoms with Gasteiger partial charge in [-0.3, -0.25) is 4.79 Å². The molecule has 1 atom stereocenters. The van der Waals surface area contributed by atoms with E-state index in [0.717, 1.165) is 10.6 Å². The number of aromatic nitrogens is 1. The lowest BCUT2D eigenvalue weighted by molar-refractivity contribution is -0.119. The van der Waals surface area contributed by atoms with Gasteiger partial charge >= 0.3 is 0 Å². The molecule has 0 saturated carbocycles. The molecule has 1 unspecified atom stereocenters. The molecule has 0 aliphatic carbocycles. The Balaban J connectivity index is 1.67. The van der Waals surface area contributed by atoms with Crippen LogP contribution in [0.1, 0.15) is 17.0 Å². The molecule has 0 aromatic carbocycles. The lowest BCUT2D eigenvalue weighted by atomic mass is 10.1. The molecule has 0 spiro atoms. The molecule has 3 heterocycles. The summed E-state index contributed by atoms with van der Waals surface area (Å²) in [6.07, 6.45) is 3.23. The number of thiazole rings is 1. The summed E-state index contributed by atoms with van der Waals surface area (Å²) in [4.78, 5) is 19.2. The first-order valence-corrected chi connectivity index (χ1v) is 10.1. The van der Waals surface area contributed by atoms with Gasteiger partial charge in [0.1, 0.15) is 0 Å².